The molecule has 1 aromatic carbocycles. The van der Waals surface area contributed by atoms with E-state index in [4.69, 9.17) is 0 Å². The minimum Gasteiger partial charge on any atom is -0.378 e. The third-order valence-corrected chi connectivity index (χ3v) is 5.84. The maximum Gasteiger partial charge on any atom is 0.234 e. The van der Waals surface area contributed by atoms with Gasteiger partial charge in [0, 0.05) is 50.8 Å². The van der Waals surface area contributed by atoms with Crippen molar-refractivity contribution < 1.29 is 4.79 Å². The molecule has 0 saturated carbocycles. The molecule has 0 aliphatic carbocycles. The van der Waals surface area contributed by atoms with Crippen LogP contribution in [0.15, 0.2) is 48.0 Å². The molecule has 4 rings (SSSR count). The fourth-order valence-electron chi connectivity index (χ4n) is 3.19. The Balaban J connectivity index is 1.46. The Morgan fingerprint density at radius 3 is 2.65 bits per heavy atom. The third kappa shape index (κ3) is 4.38. The number of benzene rings is 1. The van der Waals surface area contributed by atoms with Gasteiger partial charge in [0.2, 0.25) is 5.91 Å². The summed E-state index contributed by atoms with van der Waals surface area (Å²) in [5, 5.41) is 12.3. The minimum absolute atomic E-state index is 0.0900. The van der Waals surface area contributed by atoms with Gasteiger partial charge in [0.15, 0.2) is 16.6 Å². The number of carbonyl (C=O) groups is 1. The molecule has 10 heteroatoms. The van der Waals surface area contributed by atoms with Crippen LogP contribution in [0.3, 0.4) is 0 Å². The lowest BCUT2D eigenvalue weighted by Gasteiger charge is -2.13. The Labute approximate surface area is 184 Å². The van der Waals surface area contributed by atoms with Crippen molar-refractivity contribution in [2.75, 3.05) is 30.1 Å². The van der Waals surface area contributed by atoms with Gasteiger partial charge in [-0.2, -0.15) is 0 Å². The van der Waals surface area contributed by atoms with Gasteiger partial charge in [-0.15, -0.1) is 10.2 Å². The Bertz CT molecular complexity index is 1210. The topological polar surface area (TPSA) is 93.8 Å². The fourth-order valence-corrected chi connectivity index (χ4v) is 4.00. The molecule has 1 N–H and O–H groups in total. The Morgan fingerprint density at radius 2 is 1.94 bits per heavy atom. The van der Waals surface area contributed by atoms with Crippen LogP contribution in [0.5, 0.6) is 0 Å². The highest BCUT2D eigenvalue weighted by molar-refractivity contribution is 7.99. The van der Waals surface area contributed by atoms with Crippen LogP contribution in [0.4, 0.5) is 11.4 Å². The lowest BCUT2D eigenvalue weighted by atomic mass is 10.2. The van der Waals surface area contributed by atoms with E-state index in [-0.39, 0.29) is 11.7 Å². The van der Waals surface area contributed by atoms with Gasteiger partial charge in [0.1, 0.15) is 0 Å². The fraction of sp³-hybridized carbons (Fsp3) is 0.286. The van der Waals surface area contributed by atoms with Crippen molar-refractivity contribution in [1.29, 1.82) is 0 Å². The molecule has 0 spiro atoms. The highest BCUT2D eigenvalue weighted by atomic mass is 32.2. The zero-order valence-corrected chi connectivity index (χ0v) is 18.7. The monoisotopic (exact) mass is 436 g/mol. The number of nitrogens with zero attached hydrogens (tertiary/aromatic N) is 7. The second kappa shape index (κ2) is 8.76. The molecule has 0 unspecified atom stereocenters. The molecule has 0 fully saturated rings. The van der Waals surface area contributed by atoms with Crippen molar-refractivity contribution in [3.05, 3.63) is 42.9 Å². The Kier molecular flexibility index (Phi) is 5.90. The number of carbonyl (C=O) groups excluding carboxylic acids is 1. The maximum absolute atomic E-state index is 12.4. The predicted molar refractivity (Wildman–Crippen MR) is 123 cm³/mol. The van der Waals surface area contributed by atoms with E-state index in [1.807, 2.05) is 72.4 Å². The highest BCUT2D eigenvalue weighted by Gasteiger charge is 2.16. The number of rotatable bonds is 7. The van der Waals surface area contributed by atoms with Crippen molar-refractivity contribution in [2.45, 2.75) is 18.6 Å². The number of aromatic nitrogens is 6. The second-order valence-electron chi connectivity index (χ2n) is 7.25. The second-order valence-corrected chi connectivity index (χ2v) is 8.19. The van der Waals surface area contributed by atoms with E-state index in [1.54, 1.807) is 12.5 Å². The number of imidazole rings is 1. The van der Waals surface area contributed by atoms with E-state index in [0.29, 0.717) is 17.3 Å². The predicted octanol–water partition coefficient (Wildman–Crippen LogP) is 3.04. The summed E-state index contributed by atoms with van der Waals surface area (Å²) < 4.78 is 3.91. The van der Waals surface area contributed by atoms with Crippen molar-refractivity contribution >= 4 is 40.2 Å². The normalized spacial score (nSPS) is 11.1. The molecule has 0 aliphatic heterocycles. The molecular formula is C21H24N8OS. The zero-order chi connectivity index (χ0) is 22.0. The van der Waals surface area contributed by atoms with Crippen molar-refractivity contribution in [3.63, 3.8) is 0 Å². The summed E-state index contributed by atoms with van der Waals surface area (Å²) in [6, 6.07) is 9.73. The smallest absolute Gasteiger partial charge is 0.234 e. The summed E-state index contributed by atoms with van der Waals surface area (Å²) in [4.78, 5) is 23.1. The molecular weight excluding hydrogens is 412 g/mol. The van der Waals surface area contributed by atoms with Crippen LogP contribution in [0.1, 0.15) is 6.92 Å². The first-order valence-corrected chi connectivity index (χ1v) is 10.9. The van der Waals surface area contributed by atoms with E-state index in [0.717, 1.165) is 28.3 Å². The van der Waals surface area contributed by atoms with Gasteiger partial charge < -0.3 is 19.4 Å². The van der Waals surface area contributed by atoms with Crippen LogP contribution in [-0.2, 0) is 18.4 Å². The van der Waals surface area contributed by atoms with E-state index < -0.39 is 0 Å². The molecule has 0 saturated heterocycles. The highest BCUT2D eigenvalue weighted by Crippen LogP contribution is 2.25. The van der Waals surface area contributed by atoms with E-state index in [9.17, 15) is 4.79 Å². The van der Waals surface area contributed by atoms with E-state index >= 15 is 0 Å². The lowest BCUT2D eigenvalue weighted by molar-refractivity contribution is -0.113. The Hall–Kier alpha value is -3.40. The number of hydrogen-bond acceptors (Lipinski definition) is 7. The molecule has 9 nitrogen and oxygen atoms in total. The van der Waals surface area contributed by atoms with Crippen molar-refractivity contribution in [2.24, 2.45) is 7.05 Å². The van der Waals surface area contributed by atoms with Gasteiger partial charge in [-0.05, 0) is 37.3 Å². The van der Waals surface area contributed by atoms with Crippen molar-refractivity contribution in [3.8, 4) is 11.4 Å². The number of thioether (sulfide) groups is 1. The van der Waals surface area contributed by atoms with Crippen LogP contribution < -0.4 is 10.2 Å². The molecule has 0 radical (unpaired) electrons. The van der Waals surface area contributed by atoms with Gasteiger partial charge in [-0.3, -0.25) is 4.79 Å². The summed E-state index contributed by atoms with van der Waals surface area (Å²) in [6.45, 7) is 2.71. The first-order valence-electron chi connectivity index (χ1n) is 9.87. The molecule has 0 aliphatic rings. The van der Waals surface area contributed by atoms with Gasteiger partial charge in [-0.25, -0.2) is 9.97 Å². The van der Waals surface area contributed by atoms with Gasteiger partial charge in [0.25, 0.3) is 0 Å². The molecule has 1 amide bonds. The summed E-state index contributed by atoms with van der Waals surface area (Å²) in [5.41, 5.74) is 4.33. The molecule has 3 aromatic heterocycles. The first kappa shape index (κ1) is 20.9. The summed E-state index contributed by atoms with van der Waals surface area (Å²) in [6.07, 6.45) is 3.49. The Morgan fingerprint density at radius 1 is 1.16 bits per heavy atom. The molecule has 4 aromatic rings. The van der Waals surface area contributed by atoms with E-state index in [2.05, 4.69) is 25.5 Å². The zero-order valence-electron chi connectivity index (χ0n) is 17.9. The van der Waals surface area contributed by atoms with Crippen molar-refractivity contribution in [1.82, 2.24) is 29.3 Å². The number of anilines is 2. The average Bonchev–Trinajstić information content (AvgIpc) is 3.35. The number of aryl methyl sites for hydroxylation is 1. The molecule has 31 heavy (non-hydrogen) atoms. The maximum atomic E-state index is 12.4. The number of hydrogen-bond donors (Lipinski definition) is 1. The van der Waals surface area contributed by atoms with Crippen LogP contribution in [0.2, 0.25) is 0 Å². The van der Waals surface area contributed by atoms with Crippen LogP contribution >= 0.6 is 11.8 Å². The molecule has 160 valence electrons. The van der Waals surface area contributed by atoms with Crippen LogP contribution in [0.25, 0.3) is 22.6 Å². The van der Waals surface area contributed by atoms with Crippen LogP contribution in [-0.4, -0.2) is 55.1 Å². The number of pyridine rings is 1. The largest absolute Gasteiger partial charge is 0.378 e. The first-order chi connectivity index (χ1) is 15.0. The summed E-state index contributed by atoms with van der Waals surface area (Å²) in [5.74, 6) is 0.875. The van der Waals surface area contributed by atoms with Crippen LogP contribution in [0, 0.1) is 0 Å². The number of amides is 1. The SMILES string of the molecule is CCn1c(SCC(=O)Nc2ccc(N(C)C)cc2)nnc1-c1cnc2ncn(C)c2c1. The molecule has 3 heterocycles. The van der Waals surface area contributed by atoms with Gasteiger partial charge in [0.05, 0.1) is 17.6 Å². The summed E-state index contributed by atoms with van der Waals surface area (Å²) >= 11 is 1.36. The number of fused-ring (bicyclic) bond motifs is 1. The quantitative estimate of drug-likeness (QED) is 0.445. The van der Waals surface area contributed by atoms with Gasteiger partial charge in [-0.1, -0.05) is 11.8 Å². The molecule has 0 bridgehead atoms. The third-order valence-electron chi connectivity index (χ3n) is 4.87. The number of nitrogens with one attached hydrogen (secondary N) is 1. The lowest BCUT2D eigenvalue weighted by Crippen LogP contribution is -2.15. The van der Waals surface area contributed by atoms with Gasteiger partial charge >= 0.3 is 0 Å². The van der Waals surface area contributed by atoms with E-state index in [1.165, 1.54) is 11.8 Å². The minimum atomic E-state index is -0.0900. The summed E-state index contributed by atoms with van der Waals surface area (Å²) in [7, 11) is 5.89. The average molecular weight is 437 g/mol. The standard InChI is InChI=1S/C21H24N8OS/c1-5-29-20(14-10-17-19(22-11-14)23-13-28(17)4)25-26-21(29)31-12-18(30)24-15-6-8-16(9-7-15)27(2)3/h6-11,13H,5,12H2,1-4H3,(H,24,30). The molecule has 0 atom stereocenters.